The second-order valence-electron chi connectivity index (χ2n) is 5.16. The summed E-state index contributed by atoms with van der Waals surface area (Å²) in [4.78, 5) is 11.7. The lowest BCUT2D eigenvalue weighted by Crippen LogP contribution is -1.98. The number of allylic oxidation sites excluding steroid dienone is 4. The van der Waals surface area contributed by atoms with Crippen LogP contribution in [-0.2, 0) is 0 Å². The van der Waals surface area contributed by atoms with Crippen molar-refractivity contribution in [3.63, 3.8) is 0 Å². The number of Topliss-reactive ketones (excluding diaryl/α,β-unsaturated/α-hetero) is 1. The van der Waals surface area contributed by atoms with Gasteiger partial charge in [0.25, 0.3) is 0 Å². The van der Waals surface area contributed by atoms with E-state index in [0.717, 1.165) is 0 Å². The van der Waals surface area contributed by atoms with Crippen molar-refractivity contribution in [1.82, 2.24) is 0 Å². The average molecular weight is 300 g/mol. The number of hydrogen-bond acceptors (Lipinski definition) is 4. The Morgan fingerprint density at radius 3 is 1.45 bits per heavy atom. The van der Waals surface area contributed by atoms with Gasteiger partial charge in [0.1, 0.15) is 22.8 Å². The Morgan fingerprint density at radius 1 is 0.818 bits per heavy atom. The Balaban J connectivity index is 3.74. The van der Waals surface area contributed by atoms with Gasteiger partial charge in [-0.1, -0.05) is 36.5 Å². The van der Waals surface area contributed by atoms with E-state index in [1.165, 1.54) is 19.1 Å². The minimum absolute atomic E-state index is 0.0485. The Morgan fingerprint density at radius 2 is 1.18 bits per heavy atom. The lowest BCUT2D eigenvalue weighted by molar-refractivity contribution is 0.101. The van der Waals surface area contributed by atoms with E-state index in [1.807, 2.05) is 0 Å². The standard InChI is InChI=1S/C18H20O4/c1-10(2)6-8-13-16(20)14(9-7-11(3)4)18(22)15(12(5)19)17(13)21/h6-9,20-22H,1,3H2,2,4-5H3. The van der Waals surface area contributed by atoms with Gasteiger partial charge in [0.2, 0.25) is 0 Å². The number of carbonyl (C=O) groups excluding carboxylic acids is 1. The third-order valence-corrected chi connectivity index (χ3v) is 2.92. The molecular weight excluding hydrogens is 280 g/mol. The van der Waals surface area contributed by atoms with Crippen LogP contribution in [-0.4, -0.2) is 21.1 Å². The number of hydrogen-bond donors (Lipinski definition) is 3. The monoisotopic (exact) mass is 300 g/mol. The number of aromatic hydroxyl groups is 3. The van der Waals surface area contributed by atoms with Crippen molar-refractivity contribution >= 4 is 17.9 Å². The van der Waals surface area contributed by atoms with Crippen LogP contribution >= 0.6 is 0 Å². The van der Waals surface area contributed by atoms with Crippen molar-refractivity contribution in [2.45, 2.75) is 20.8 Å². The predicted octanol–water partition coefficient (Wildman–Crippen LogP) is 4.18. The lowest BCUT2D eigenvalue weighted by atomic mass is 9.97. The summed E-state index contributed by atoms with van der Waals surface area (Å²) in [6, 6.07) is 0. The van der Waals surface area contributed by atoms with Crippen molar-refractivity contribution in [2.75, 3.05) is 0 Å². The van der Waals surface area contributed by atoms with E-state index in [9.17, 15) is 20.1 Å². The highest BCUT2D eigenvalue weighted by Gasteiger charge is 2.23. The quantitative estimate of drug-likeness (QED) is 0.563. The molecule has 0 aliphatic carbocycles. The van der Waals surface area contributed by atoms with Crippen LogP contribution in [0.3, 0.4) is 0 Å². The van der Waals surface area contributed by atoms with Gasteiger partial charge in [-0.05, 0) is 32.9 Å². The summed E-state index contributed by atoms with van der Waals surface area (Å²) in [5.74, 6) is -1.76. The van der Waals surface area contributed by atoms with Crippen LogP contribution in [0.1, 0.15) is 42.3 Å². The average Bonchev–Trinajstić information content (AvgIpc) is 2.36. The van der Waals surface area contributed by atoms with E-state index in [2.05, 4.69) is 13.2 Å². The molecule has 1 aromatic rings. The summed E-state index contributed by atoms with van der Waals surface area (Å²) in [7, 11) is 0. The van der Waals surface area contributed by atoms with Gasteiger partial charge < -0.3 is 15.3 Å². The highest BCUT2D eigenvalue weighted by atomic mass is 16.3. The minimum atomic E-state index is -0.509. The van der Waals surface area contributed by atoms with Crippen LogP contribution in [0.5, 0.6) is 17.2 Å². The third kappa shape index (κ3) is 3.67. The maximum Gasteiger partial charge on any atom is 0.167 e. The first-order valence-electron chi connectivity index (χ1n) is 6.65. The van der Waals surface area contributed by atoms with Crippen LogP contribution in [0.25, 0.3) is 12.2 Å². The van der Waals surface area contributed by atoms with E-state index < -0.39 is 17.3 Å². The number of benzene rings is 1. The van der Waals surface area contributed by atoms with Gasteiger partial charge in [0, 0.05) is 0 Å². The van der Waals surface area contributed by atoms with Crippen LogP contribution in [0.15, 0.2) is 36.5 Å². The molecule has 0 bridgehead atoms. The normalized spacial score (nSPS) is 11.2. The van der Waals surface area contributed by atoms with Gasteiger partial charge in [0.05, 0.1) is 11.1 Å². The molecule has 1 rings (SSSR count). The van der Waals surface area contributed by atoms with E-state index in [4.69, 9.17) is 0 Å². The van der Waals surface area contributed by atoms with Gasteiger partial charge in [0.15, 0.2) is 5.78 Å². The molecule has 4 nitrogen and oxygen atoms in total. The minimum Gasteiger partial charge on any atom is -0.506 e. The van der Waals surface area contributed by atoms with E-state index >= 15 is 0 Å². The Kier molecular flexibility index (Phi) is 5.35. The molecule has 0 spiro atoms. The van der Waals surface area contributed by atoms with Crippen molar-refractivity contribution in [1.29, 1.82) is 0 Å². The number of carbonyl (C=O) groups is 1. The van der Waals surface area contributed by atoms with Crippen molar-refractivity contribution < 1.29 is 20.1 Å². The first-order valence-corrected chi connectivity index (χ1v) is 6.65. The molecule has 0 aromatic heterocycles. The summed E-state index contributed by atoms with van der Waals surface area (Å²) in [6.07, 6.45) is 6.05. The van der Waals surface area contributed by atoms with Gasteiger partial charge in [-0.2, -0.15) is 0 Å². The molecule has 0 fully saturated rings. The Labute approximate surface area is 130 Å². The molecule has 0 saturated heterocycles. The molecule has 0 unspecified atom stereocenters. The number of ketones is 1. The smallest absolute Gasteiger partial charge is 0.167 e. The van der Waals surface area contributed by atoms with Crippen LogP contribution < -0.4 is 0 Å². The molecular formula is C18H20O4. The molecule has 1 aromatic carbocycles. The maximum absolute atomic E-state index is 11.7. The van der Waals surface area contributed by atoms with Crippen LogP contribution in [0, 0.1) is 0 Å². The van der Waals surface area contributed by atoms with E-state index in [0.29, 0.717) is 11.1 Å². The highest BCUT2D eigenvalue weighted by molar-refractivity contribution is 6.03. The topological polar surface area (TPSA) is 77.8 Å². The second-order valence-corrected chi connectivity index (χ2v) is 5.16. The number of phenolic OH excluding ortho intramolecular Hbond substituents is 3. The number of phenols is 3. The summed E-state index contributed by atoms with van der Waals surface area (Å²) >= 11 is 0. The molecule has 22 heavy (non-hydrogen) atoms. The molecule has 0 atom stereocenters. The van der Waals surface area contributed by atoms with Crippen molar-refractivity contribution in [2.24, 2.45) is 0 Å². The lowest BCUT2D eigenvalue weighted by Gasteiger charge is -2.13. The van der Waals surface area contributed by atoms with Gasteiger partial charge in [-0.25, -0.2) is 0 Å². The van der Waals surface area contributed by atoms with Gasteiger partial charge in [-0.15, -0.1) is 0 Å². The van der Waals surface area contributed by atoms with Crippen molar-refractivity contribution in [3.05, 3.63) is 53.1 Å². The zero-order valence-electron chi connectivity index (χ0n) is 13.0. The summed E-state index contributed by atoms with van der Waals surface area (Å²) < 4.78 is 0. The summed E-state index contributed by atoms with van der Waals surface area (Å²) in [5, 5.41) is 30.6. The molecule has 0 aliphatic rings. The first-order chi connectivity index (χ1) is 10.2. The molecule has 4 heteroatoms. The summed E-state index contributed by atoms with van der Waals surface area (Å²) in [6.45, 7) is 12.1. The predicted molar refractivity (Wildman–Crippen MR) is 89.1 cm³/mol. The maximum atomic E-state index is 11.7. The second kappa shape index (κ2) is 6.80. The third-order valence-electron chi connectivity index (χ3n) is 2.92. The zero-order valence-corrected chi connectivity index (χ0v) is 13.0. The fourth-order valence-electron chi connectivity index (χ4n) is 1.85. The Bertz CT molecular complexity index is 655. The highest BCUT2D eigenvalue weighted by Crippen LogP contribution is 2.43. The fourth-order valence-corrected chi connectivity index (χ4v) is 1.85. The molecule has 0 heterocycles. The van der Waals surface area contributed by atoms with Crippen LogP contribution in [0.4, 0.5) is 0 Å². The number of rotatable bonds is 5. The van der Waals surface area contributed by atoms with Crippen molar-refractivity contribution in [3.8, 4) is 17.2 Å². The van der Waals surface area contributed by atoms with E-state index in [-0.39, 0.29) is 22.4 Å². The molecule has 0 amide bonds. The van der Waals surface area contributed by atoms with Gasteiger partial charge in [-0.3, -0.25) is 4.79 Å². The van der Waals surface area contributed by atoms with E-state index in [1.54, 1.807) is 26.0 Å². The van der Waals surface area contributed by atoms with Crippen LogP contribution in [0.2, 0.25) is 0 Å². The Hall–Kier alpha value is -2.75. The molecule has 3 N–H and O–H groups in total. The fraction of sp³-hybridized carbons (Fsp3) is 0.167. The van der Waals surface area contributed by atoms with Gasteiger partial charge >= 0.3 is 0 Å². The first kappa shape index (κ1) is 17.3. The molecule has 0 saturated carbocycles. The molecule has 116 valence electrons. The zero-order chi connectivity index (χ0) is 17.0. The SMILES string of the molecule is C=C(C)C=Cc1c(O)c(C=CC(=C)C)c(O)c(C(C)=O)c1O. The summed E-state index contributed by atoms with van der Waals surface area (Å²) in [5.41, 5.74) is 1.27. The molecule has 0 aliphatic heterocycles. The largest absolute Gasteiger partial charge is 0.506 e. The molecule has 0 radical (unpaired) electrons.